The average molecular weight is 241 g/mol. The van der Waals surface area contributed by atoms with Crippen LogP contribution in [0.5, 0.6) is 0 Å². The Bertz CT molecular complexity index is 207. The highest BCUT2D eigenvalue weighted by molar-refractivity contribution is 4.72. The minimum atomic E-state index is 0.693. The summed E-state index contributed by atoms with van der Waals surface area (Å²) in [6.45, 7) is 9.17. The lowest BCUT2D eigenvalue weighted by Gasteiger charge is -2.25. The number of hydrogen-bond donors (Lipinski definition) is 1. The Hall–Kier alpha value is -0.160. The highest BCUT2D eigenvalue weighted by Crippen LogP contribution is 2.06. The first-order chi connectivity index (χ1) is 8.34. The minimum Gasteiger partial charge on any atom is -0.381 e. The molecule has 0 bridgehead atoms. The molecule has 0 aromatic rings. The second kappa shape index (κ2) is 7.31. The van der Waals surface area contributed by atoms with Crippen molar-refractivity contribution < 1.29 is 4.74 Å². The van der Waals surface area contributed by atoms with E-state index in [1.807, 2.05) is 0 Å². The molecule has 2 aliphatic rings. The molecule has 4 nitrogen and oxygen atoms in total. The average Bonchev–Trinajstić information content (AvgIpc) is 2.56. The SMILES string of the molecule is CN1CCCN(CCNC2CCOCC2)CC1. The molecule has 0 aromatic heterocycles. The zero-order chi connectivity index (χ0) is 11.9. The summed E-state index contributed by atoms with van der Waals surface area (Å²) in [4.78, 5) is 5.03. The summed E-state index contributed by atoms with van der Waals surface area (Å²) in [5.74, 6) is 0. The fraction of sp³-hybridized carbons (Fsp3) is 1.00. The Kier molecular flexibility index (Phi) is 5.71. The maximum atomic E-state index is 5.37. The smallest absolute Gasteiger partial charge is 0.0480 e. The lowest BCUT2D eigenvalue weighted by molar-refractivity contribution is 0.0772. The van der Waals surface area contributed by atoms with Gasteiger partial charge in [-0.1, -0.05) is 0 Å². The molecule has 2 fully saturated rings. The summed E-state index contributed by atoms with van der Waals surface area (Å²) in [7, 11) is 2.23. The van der Waals surface area contributed by atoms with Crippen molar-refractivity contribution in [3.63, 3.8) is 0 Å². The standard InChI is InChI=1S/C13H27N3O/c1-15-6-2-7-16(10-9-15)8-5-14-13-3-11-17-12-4-13/h13-14H,2-12H2,1H3. The molecular weight excluding hydrogens is 214 g/mol. The van der Waals surface area contributed by atoms with Crippen molar-refractivity contribution in [2.45, 2.75) is 25.3 Å². The number of nitrogens with one attached hydrogen (secondary N) is 1. The van der Waals surface area contributed by atoms with Crippen LogP contribution in [0, 0.1) is 0 Å². The lowest BCUT2D eigenvalue weighted by Crippen LogP contribution is -2.40. The van der Waals surface area contributed by atoms with Gasteiger partial charge in [0.2, 0.25) is 0 Å². The van der Waals surface area contributed by atoms with E-state index >= 15 is 0 Å². The highest BCUT2D eigenvalue weighted by atomic mass is 16.5. The van der Waals surface area contributed by atoms with Crippen molar-refractivity contribution in [3.05, 3.63) is 0 Å². The van der Waals surface area contributed by atoms with E-state index < -0.39 is 0 Å². The van der Waals surface area contributed by atoms with Crippen LogP contribution in [0.4, 0.5) is 0 Å². The van der Waals surface area contributed by atoms with Crippen LogP contribution in [0.2, 0.25) is 0 Å². The van der Waals surface area contributed by atoms with Crippen LogP contribution in [-0.4, -0.2) is 75.4 Å². The molecule has 0 amide bonds. The Morgan fingerprint density at radius 3 is 2.76 bits per heavy atom. The van der Waals surface area contributed by atoms with Crippen molar-refractivity contribution in [1.82, 2.24) is 15.1 Å². The van der Waals surface area contributed by atoms with Gasteiger partial charge in [-0.2, -0.15) is 0 Å². The third-order valence-corrected chi connectivity index (χ3v) is 3.89. The van der Waals surface area contributed by atoms with Gasteiger partial charge < -0.3 is 19.9 Å². The molecule has 4 heteroatoms. The summed E-state index contributed by atoms with van der Waals surface area (Å²) >= 11 is 0. The monoisotopic (exact) mass is 241 g/mol. The zero-order valence-corrected chi connectivity index (χ0v) is 11.2. The van der Waals surface area contributed by atoms with E-state index in [-0.39, 0.29) is 0 Å². The Morgan fingerprint density at radius 1 is 1.12 bits per heavy atom. The van der Waals surface area contributed by atoms with E-state index in [0.717, 1.165) is 19.8 Å². The fourth-order valence-corrected chi connectivity index (χ4v) is 2.65. The van der Waals surface area contributed by atoms with E-state index in [2.05, 4.69) is 22.2 Å². The van der Waals surface area contributed by atoms with Gasteiger partial charge in [-0.15, -0.1) is 0 Å². The Balaban J connectivity index is 1.57. The quantitative estimate of drug-likeness (QED) is 0.771. The van der Waals surface area contributed by atoms with Gasteiger partial charge in [-0.3, -0.25) is 0 Å². The highest BCUT2D eigenvalue weighted by Gasteiger charge is 2.14. The van der Waals surface area contributed by atoms with E-state index in [1.54, 1.807) is 0 Å². The van der Waals surface area contributed by atoms with Gasteiger partial charge in [-0.25, -0.2) is 0 Å². The van der Waals surface area contributed by atoms with Crippen LogP contribution >= 0.6 is 0 Å². The Morgan fingerprint density at radius 2 is 1.94 bits per heavy atom. The van der Waals surface area contributed by atoms with E-state index in [9.17, 15) is 0 Å². The second-order valence-electron chi connectivity index (χ2n) is 5.34. The molecule has 0 aliphatic carbocycles. The van der Waals surface area contributed by atoms with Crippen molar-refractivity contribution in [3.8, 4) is 0 Å². The van der Waals surface area contributed by atoms with Crippen LogP contribution in [0.15, 0.2) is 0 Å². The van der Waals surface area contributed by atoms with Crippen molar-refractivity contribution >= 4 is 0 Å². The molecule has 2 rings (SSSR count). The molecule has 0 spiro atoms. The molecule has 0 aromatic carbocycles. The predicted octanol–water partition coefficient (Wildman–Crippen LogP) is 0.393. The van der Waals surface area contributed by atoms with Gasteiger partial charge in [0.05, 0.1) is 0 Å². The van der Waals surface area contributed by atoms with Gasteiger partial charge in [0.25, 0.3) is 0 Å². The summed E-state index contributed by atoms with van der Waals surface area (Å²) in [5.41, 5.74) is 0. The molecule has 2 aliphatic heterocycles. The number of hydrogen-bond acceptors (Lipinski definition) is 4. The molecule has 0 atom stereocenters. The predicted molar refractivity (Wildman–Crippen MR) is 70.4 cm³/mol. The Labute approximate surface area is 105 Å². The number of nitrogens with zero attached hydrogens (tertiary/aromatic N) is 2. The van der Waals surface area contributed by atoms with Crippen molar-refractivity contribution in [2.24, 2.45) is 0 Å². The summed E-state index contributed by atoms with van der Waals surface area (Å²) in [6, 6.07) is 0.693. The van der Waals surface area contributed by atoms with Crippen molar-refractivity contribution in [1.29, 1.82) is 0 Å². The minimum absolute atomic E-state index is 0.693. The summed E-state index contributed by atoms with van der Waals surface area (Å²) in [6.07, 6.45) is 3.68. The van der Waals surface area contributed by atoms with Gasteiger partial charge in [0, 0.05) is 45.4 Å². The number of ether oxygens (including phenoxy) is 1. The van der Waals surface area contributed by atoms with Crippen LogP contribution in [0.25, 0.3) is 0 Å². The van der Waals surface area contributed by atoms with E-state index in [4.69, 9.17) is 4.74 Å². The fourth-order valence-electron chi connectivity index (χ4n) is 2.65. The number of rotatable bonds is 4. The van der Waals surface area contributed by atoms with Crippen LogP contribution in [-0.2, 0) is 4.74 Å². The number of likely N-dealkylation sites (N-methyl/N-ethyl adjacent to an activating group) is 1. The van der Waals surface area contributed by atoms with Gasteiger partial charge in [-0.05, 0) is 39.4 Å². The van der Waals surface area contributed by atoms with Crippen LogP contribution in [0.1, 0.15) is 19.3 Å². The largest absolute Gasteiger partial charge is 0.381 e. The molecule has 0 unspecified atom stereocenters. The maximum absolute atomic E-state index is 5.37. The second-order valence-corrected chi connectivity index (χ2v) is 5.34. The molecule has 2 saturated heterocycles. The first kappa shape index (κ1) is 13.3. The normalized spacial score (nSPS) is 25.9. The van der Waals surface area contributed by atoms with E-state index in [0.29, 0.717) is 6.04 Å². The lowest BCUT2D eigenvalue weighted by atomic mass is 10.1. The maximum Gasteiger partial charge on any atom is 0.0480 e. The van der Waals surface area contributed by atoms with Gasteiger partial charge in [0.15, 0.2) is 0 Å². The molecule has 0 radical (unpaired) electrons. The zero-order valence-electron chi connectivity index (χ0n) is 11.2. The molecule has 0 saturated carbocycles. The van der Waals surface area contributed by atoms with Crippen LogP contribution < -0.4 is 5.32 Å². The molecule has 17 heavy (non-hydrogen) atoms. The molecular formula is C13H27N3O. The molecule has 1 N–H and O–H groups in total. The first-order valence-electron chi connectivity index (χ1n) is 7.06. The van der Waals surface area contributed by atoms with Crippen molar-refractivity contribution in [2.75, 3.05) is 59.5 Å². The molecule has 2 heterocycles. The van der Waals surface area contributed by atoms with Gasteiger partial charge in [0.1, 0.15) is 0 Å². The topological polar surface area (TPSA) is 27.7 Å². The van der Waals surface area contributed by atoms with Gasteiger partial charge >= 0.3 is 0 Å². The summed E-state index contributed by atoms with van der Waals surface area (Å²) < 4.78 is 5.37. The summed E-state index contributed by atoms with van der Waals surface area (Å²) in [5, 5.41) is 3.67. The third kappa shape index (κ3) is 4.92. The molecule has 100 valence electrons. The van der Waals surface area contributed by atoms with Crippen LogP contribution in [0.3, 0.4) is 0 Å². The van der Waals surface area contributed by atoms with E-state index in [1.165, 1.54) is 52.0 Å². The first-order valence-corrected chi connectivity index (χ1v) is 7.06. The third-order valence-electron chi connectivity index (χ3n) is 3.89.